The van der Waals surface area contributed by atoms with Crippen molar-refractivity contribution in [1.29, 1.82) is 0 Å². The number of aromatic nitrogens is 1. The van der Waals surface area contributed by atoms with Gasteiger partial charge in [-0.1, -0.05) is 24.2 Å². The van der Waals surface area contributed by atoms with Crippen molar-refractivity contribution >= 4 is 32.4 Å². The van der Waals surface area contributed by atoms with Crippen molar-refractivity contribution in [3.63, 3.8) is 0 Å². The summed E-state index contributed by atoms with van der Waals surface area (Å²) in [5, 5.41) is 13.2. The van der Waals surface area contributed by atoms with E-state index in [-0.39, 0.29) is 28.7 Å². The fourth-order valence-electron chi connectivity index (χ4n) is 4.87. The van der Waals surface area contributed by atoms with Crippen LogP contribution >= 0.6 is 11.3 Å². The molecule has 2 aliphatic carbocycles. The molecule has 186 valence electrons. The van der Waals surface area contributed by atoms with Gasteiger partial charge in [-0.05, 0) is 75.1 Å². The van der Waals surface area contributed by atoms with Crippen molar-refractivity contribution < 1.29 is 23.1 Å². The van der Waals surface area contributed by atoms with Crippen LogP contribution < -0.4 is 14.8 Å². The van der Waals surface area contributed by atoms with Gasteiger partial charge in [0.2, 0.25) is 15.9 Å². The van der Waals surface area contributed by atoms with Crippen molar-refractivity contribution in [3.8, 4) is 16.2 Å². The van der Waals surface area contributed by atoms with E-state index in [4.69, 9.17) is 4.74 Å². The number of nitrogens with zero attached hydrogens (tertiary/aromatic N) is 1. The first-order valence-electron chi connectivity index (χ1n) is 11.9. The fourth-order valence-corrected chi connectivity index (χ4v) is 7.35. The average molecular weight is 508 g/mol. The quantitative estimate of drug-likeness (QED) is 0.492. The number of carbonyl (C=O) groups is 1. The van der Waals surface area contributed by atoms with Crippen molar-refractivity contribution in [2.24, 2.45) is 5.92 Å². The van der Waals surface area contributed by atoms with Gasteiger partial charge in [0.15, 0.2) is 5.13 Å². The first-order valence-corrected chi connectivity index (χ1v) is 14.2. The number of anilines is 1. The molecule has 2 fully saturated rings. The normalized spacial score (nSPS) is 21.5. The van der Waals surface area contributed by atoms with Crippen LogP contribution in [0.3, 0.4) is 0 Å². The Morgan fingerprint density at radius 2 is 1.88 bits per heavy atom. The van der Waals surface area contributed by atoms with Crippen LogP contribution in [0.25, 0.3) is 10.4 Å². The molecule has 0 unspecified atom stereocenters. The van der Waals surface area contributed by atoms with Crippen LogP contribution in [0.2, 0.25) is 0 Å². The summed E-state index contributed by atoms with van der Waals surface area (Å²) in [4.78, 5) is 17.8. The zero-order chi connectivity index (χ0) is 24.3. The molecule has 0 radical (unpaired) electrons. The van der Waals surface area contributed by atoms with Crippen LogP contribution in [0.15, 0.2) is 23.1 Å². The lowest BCUT2D eigenvalue weighted by Crippen LogP contribution is -2.38. The number of thiazole rings is 1. The molecular formula is C24H33N3O5S2. The first kappa shape index (κ1) is 25.1. The molecule has 0 spiro atoms. The number of aliphatic hydroxyl groups excluding tert-OH is 1. The Kier molecular flexibility index (Phi) is 7.91. The number of benzene rings is 1. The Balaban J connectivity index is 1.53. The second kappa shape index (κ2) is 10.7. The molecule has 10 heteroatoms. The molecule has 2 saturated carbocycles. The molecule has 2 aromatic rings. The molecule has 1 aromatic carbocycles. The Morgan fingerprint density at radius 3 is 2.56 bits per heavy atom. The zero-order valence-electron chi connectivity index (χ0n) is 19.7. The average Bonchev–Trinajstić information content (AvgIpc) is 3.44. The van der Waals surface area contributed by atoms with Crippen LogP contribution in [0, 0.1) is 12.8 Å². The molecule has 0 atom stereocenters. The summed E-state index contributed by atoms with van der Waals surface area (Å²) in [6.07, 6.45) is 7.11. The van der Waals surface area contributed by atoms with Gasteiger partial charge in [0.05, 0.1) is 23.8 Å². The number of sulfonamides is 1. The largest absolute Gasteiger partial charge is 0.495 e. The summed E-state index contributed by atoms with van der Waals surface area (Å²) in [5.41, 5.74) is 1.43. The number of methoxy groups -OCH3 is 1. The summed E-state index contributed by atoms with van der Waals surface area (Å²) in [7, 11) is -2.39. The second-order valence-electron chi connectivity index (χ2n) is 9.33. The lowest BCUT2D eigenvalue weighted by atomic mass is 9.94. The number of rotatable bonds is 8. The van der Waals surface area contributed by atoms with Crippen molar-refractivity contribution in [2.45, 2.75) is 81.8 Å². The first-order chi connectivity index (χ1) is 16.2. The van der Waals surface area contributed by atoms with Gasteiger partial charge in [-0.15, -0.1) is 0 Å². The number of hydrogen-bond acceptors (Lipinski definition) is 7. The maximum Gasteiger partial charge on any atom is 0.244 e. The van der Waals surface area contributed by atoms with Crippen molar-refractivity contribution in [3.05, 3.63) is 23.9 Å². The summed E-state index contributed by atoms with van der Waals surface area (Å²) < 4.78 is 34.6. The molecule has 2 aliphatic rings. The second-order valence-corrected chi connectivity index (χ2v) is 12.0. The predicted molar refractivity (Wildman–Crippen MR) is 133 cm³/mol. The van der Waals surface area contributed by atoms with Crippen LogP contribution in [-0.4, -0.2) is 43.7 Å². The van der Waals surface area contributed by atoms with Crippen molar-refractivity contribution in [1.82, 2.24) is 9.71 Å². The minimum absolute atomic E-state index is 0.0213. The number of ether oxygens (including phenoxy) is 1. The molecule has 0 aliphatic heterocycles. The van der Waals surface area contributed by atoms with E-state index in [9.17, 15) is 18.3 Å². The standard InChI is InChI=1S/C24H33N3O5S2/c1-15-23(33-24(25-15)26-22(29)13-16-5-3-4-6-16)17-7-12-20(32-2)21(14-17)34(30,31)27-18-8-10-19(28)11-9-18/h7,12,14,16,18-19,27-28H,3-6,8-11,13H2,1-2H3,(H,25,26,29). The highest BCUT2D eigenvalue weighted by Crippen LogP contribution is 2.37. The van der Waals surface area contributed by atoms with E-state index < -0.39 is 10.0 Å². The molecule has 8 nitrogen and oxygen atoms in total. The van der Waals surface area contributed by atoms with Gasteiger partial charge in [-0.2, -0.15) is 0 Å². The minimum Gasteiger partial charge on any atom is -0.495 e. The van der Waals surface area contributed by atoms with Crippen LogP contribution in [0.5, 0.6) is 5.75 Å². The van der Waals surface area contributed by atoms with E-state index in [2.05, 4.69) is 15.0 Å². The van der Waals surface area contributed by atoms with Gasteiger partial charge in [-0.25, -0.2) is 18.1 Å². The van der Waals surface area contributed by atoms with E-state index >= 15 is 0 Å². The molecule has 1 heterocycles. The number of nitrogens with one attached hydrogen (secondary N) is 2. The maximum atomic E-state index is 13.2. The lowest BCUT2D eigenvalue weighted by Gasteiger charge is -2.26. The summed E-state index contributed by atoms with van der Waals surface area (Å²) >= 11 is 1.34. The van der Waals surface area contributed by atoms with Gasteiger partial charge in [-0.3, -0.25) is 4.79 Å². The van der Waals surface area contributed by atoms with E-state index in [0.717, 1.165) is 23.4 Å². The topological polar surface area (TPSA) is 118 Å². The van der Waals surface area contributed by atoms with Crippen LogP contribution in [0.4, 0.5) is 5.13 Å². The number of carbonyl (C=O) groups excluding carboxylic acids is 1. The van der Waals surface area contributed by atoms with Gasteiger partial charge in [0.1, 0.15) is 10.6 Å². The lowest BCUT2D eigenvalue weighted by molar-refractivity contribution is -0.117. The smallest absolute Gasteiger partial charge is 0.244 e. The van der Waals surface area contributed by atoms with Crippen LogP contribution in [-0.2, 0) is 14.8 Å². The number of amides is 1. The highest BCUT2D eigenvalue weighted by atomic mass is 32.2. The SMILES string of the molecule is COc1ccc(-c2sc(NC(=O)CC3CCCC3)nc2C)cc1S(=O)(=O)NC1CCC(O)CC1. The Bertz CT molecular complexity index is 1120. The maximum absolute atomic E-state index is 13.2. The van der Waals surface area contributed by atoms with Gasteiger partial charge < -0.3 is 15.2 Å². The van der Waals surface area contributed by atoms with Gasteiger partial charge >= 0.3 is 0 Å². The highest BCUT2D eigenvalue weighted by molar-refractivity contribution is 7.89. The summed E-state index contributed by atoms with van der Waals surface area (Å²) in [5.74, 6) is 0.696. The molecule has 1 aromatic heterocycles. The van der Waals surface area contributed by atoms with E-state index in [1.54, 1.807) is 18.2 Å². The number of aryl methyl sites for hydroxylation is 1. The van der Waals surface area contributed by atoms with E-state index in [0.29, 0.717) is 48.7 Å². The molecular weight excluding hydrogens is 474 g/mol. The fraction of sp³-hybridized carbons (Fsp3) is 0.583. The van der Waals surface area contributed by atoms with Gasteiger partial charge in [0, 0.05) is 12.5 Å². The van der Waals surface area contributed by atoms with Crippen LogP contribution in [0.1, 0.15) is 63.5 Å². The molecule has 0 bridgehead atoms. The summed E-state index contributed by atoms with van der Waals surface area (Å²) in [6.45, 7) is 1.85. The monoisotopic (exact) mass is 507 g/mol. The number of aliphatic hydroxyl groups is 1. The van der Waals surface area contributed by atoms with E-state index in [1.165, 1.54) is 31.3 Å². The van der Waals surface area contributed by atoms with Crippen molar-refractivity contribution in [2.75, 3.05) is 12.4 Å². The summed E-state index contributed by atoms with van der Waals surface area (Å²) in [6, 6.07) is 4.84. The zero-order valence-corrected chi connectivity index (χ0v) is 21.3. The molecule has 4 rings (SSSR count). The Hall–Kier alpha value is -2.01. The Labute approximate surface area is 205 Å². The molecule has 3 N–H and O–H groups in total. The third-order valence-corrected chi connectivity index (χ3v) is 9.39. The third kappa shape index (κ3) is 5.97. The van der Waals surface area contributed by atoms with E-state index in [1.807, 2.05) is 6.92 Å². The molecule has 0 saturated heterocycles. The van der Waals surface area contributed by atoms with Gasteiger partial charge in [0.25, 0.3) is 0 Å². The Morgan fingerprint density at radius 1 is 1.18 bits per heavy atom. The minimum atomic E-state index is -3.83. The number of hydrogen-bond donors (Lipinski definition) is 3. The third-order valence-electron chi connectivity index (χ3n) is 6.73. The predicted octanol–water partition coefficient (Wildman–Crippen LogP) is 4.23. The molecule has 1 amide bonds. The molecule has 34 heavy (non-hydrogen) atoms. The highest BCUT2D eigenvalue weighted by Gasteiger charge is 2.28.